The van der Waals surface area contributed by atoms with Crippen LogP contribution in [0.5, 0.6) is 0 Å². The highest BCUT2D eigenvalue weighted by molar-refractivity contribution is 6.02. The van der Waals surface area contributed by atoms with Crippen LogP contribution in [0.25, 0.3) is 0 Å². The Balaban J connectivity index is 5.01. The van der Waals surface area contributed by atoms with Gasteiger partial charge in [0.2, 0.25) is 0 Å². The molecule has 0 saturated carbocycles. The molecule has 2 heteroatoms. The Labute approximate surface area is 105 Å². The highest BCUT2D eigenvalue weighted by Crippen LogP contribution is 2.20. The molecule has 0 spiro atoms. The molecular formula is C15H23NO. The van der Waals surface area contributed by atoms with Gasteiger partial charge in [0.25, 0.3) is 0 Å². The lowest BCUT2D eigenvalue weighted by atomic mass is 9.90. The zero-order valence-electron chi connectivity index (χ0n) is 11.4. The summed E-state index contributed by atoms with van der Waals surface area (Å²) in [4.78, 5) is 4.87. The summed E-state index contributed by atoms with van der Waals surface area (Å²) in [5, 5.41) is 4.04. The van der Waals surface area contributed by atoms with Gasteiger partial charge < -0.3 is 4.84 Å². The number of oxime groups is 1. The van der Waals surface area contributed by atoms with Crippen LogP contribution in [0.4, 0.5) is 0 Å². The van der Waals surface area contributed by atoms with E-state index < -0.39 is 0 Å². The largest absolute Gasteiger partial charge is 0.399 e. The first-order chi connectivity index (χ1) is 8.14. The molecule has 0 rings (SSSR count). The molecule has 0 heterocycles. The molecule has 0 amide bonds. The van der Waals surface area contributed by atoms with Crippen molar-refractivity contribution < 1.29 is 4.84 Å². The third kappa shape index (κ3) is 4.91. The number of hydrogen-bond acceptors (Lipinski definition) is 2. The zero-order valence-corrected chi connectivity index (χ0v) is 11.4. The fourth-order valence-electron chi connectivity index (χ4n) is 1.62. The molecule has 1 atom stereocenters. The number of rotatable bonds is 7. The van der Waals surface area contributed by atoms with Gasteiger partial charge in [-0.1, -0.05) is 43.2 Å². The van der Waals surface area contributed by atoms with Gasteiger partial charge in [-0.3, -0.25) is 0 Å². The van der Waals surface area contributed by atoms with Gasteiger partial charge in [0, 0.05) is 0 Å². The van der Waals surface area contributed by atoms with Crippen LogP contribution in [0.15, 0.2) is 29.0 Å². The topological polar surface area (TPSA) is 21.6 Å². The van der Waals surface area contributed by atoms with Crippen molar-refractivity contribution in [2.45, 2.75) is 40.0 Å². The predicted molar refractivity (Wildman–Crippen MR) is 74.9 cm³/mol. The molecular weight excluding hydrogens is 210 g/mol. The first-order valence-electron chi connectivity index (χ1n) is 6.03. The molecule has 2 nitrogen and oxygen atoms in total. The lowest BCUT2D eigenvalue weighted by Gasteiger charge is -2.15. The maximum atomic E-state index is 5.60. The van der Waals surface area contributed by atoms with E-state index in [9.17, 15) is 0 Å². The summed E-state index contributed by atoms with van der Waals surface area (Å²) >= 11 is 0. The number of hydrogen-bond donors (Lipinski definition) is 0. The summed E-state index contributed by atoms with van der Waals surface area (Å²) in [6.45, 7) is 10.2. The average molecular weight is 233 g/mol. The molecule has 0 aliphatic heterocycles. The van der Waals surface area contributed by atoms with Gasteiger partial charge >= 0.3 is 0 Å². The minimum Gasteiger partial charge on any atom is -0.399 e. The molecule has 0 aliphatic rings. The van der Waals surface area contributed by atoms with E-state index in [1.165, 1.54) is 12.7 Å². The number of terminal acetylenes is 1. The Morgan fingerprint density at radius 1 is 1.47 bits per heavy atom. The molecule has 0 saturated heterocycles. The van der Waals surface area contributed by atoms with E-state index in [1.807, 2.05) is 13.8 Å². The summed E-state index contributed by atoms with van der Waals surface area (Å²) in [5.41, 5.74) is 3.08. The summed E-state index contributed by atoms with van der Waals surface area (Å²) in [6.07, 6.45) is 10.4. The van der Waals surface area contributed by atoms with Gasteiger partial charge in [-0.2, -0.15) is 0 Å². The van der Waals surface area contributed by atoms with Crippen molar-refractivity contribution in [3.63, 3.8) is 0 Å². The van der Waals surface area contributed by atoms with Crippen molar-refractivity contribution in [1.82, 2.24) is 0 Å². The van der Waals surface area contributed by atoms with Crippen LogP contribution in [0.1, 0.15) is 40.0 Å². The highest BCUT2D eigenvalue weighted by atomic mass is 16.6. The van der Waals surface area contributed by atoms with Gasteiger partial charge in [0.1, 0.15) is 7.11 Å². The summed E-state index contributed by atoms with van der Waals surface area (Å²) in [6, 6.07) is 0. The first kappa shape index (κ1) is 15.5. The Bertz CT molecular complexity index is 344. The Morgan fingerprint density at radius 2 is 2.12 bits per heavy atom. The third-order valence-corrected chi connectivity index (χ3v) is 2.84. The molecule has 17 heavy (non-hydrogen) atoms. The van der Waals surface area contributed by atoms with Crippen LogP contribution in [0.2, 0.25) is 0 Å². The molecule has 0 radical (unpaired) electrons. The first-order valence-corrected chi connectivity index (χ1v) is 6.03. The molecule has 0 bridgehead atoms. The van der Waals surface area contributed by atoms with E-state index in [-0.39, 0.29) is 5.92 Å². The normalized spacial score (nSPS) is 14.1. The fraction of sp³-hybridized carbons (Fsp3) is 0.533. The predicted octanol–water partition coefficient (Wildman–Crippen LogP) is 3.95. The van der Waals surface area contributed by atoms with Crippen molar-refractivity contribution in [3.05, 3.63) is 23.8 Å². The van der Waals surface area contributed by atoms with Crippen LogP contribution in [-0.2, 0) is 4.84 Å². The molecule has 0 N–H and O–H groups in total. The monoisotopic (exact) mass is 233 g/mol. The fourth-order valence-corrected chi connectivity index (χ4v) is 1.62. The molecule has 1 unspecified atom stereocenters. The summed E-state index contributed by atoms with van der Waals surface area (Å²) in [7, 11) is 1.53. The smallest absolute Gasteiger partial charge is 0.106 e. The van der Waals surface area contributed by atoms with Crippen molar-refractivity contribution >= 4 is 5.71 Å². The number of allylic oxidation sites excluding steroid dienone is 3. The average Bonchev–Trinajstić information content (AvgIpc) is 2.37. The summed E-state index contributed by atoms with van der Waals surface area (Å²) in [5.74, 6) is 2.74. The minimum atomic E-state index is -0.0476. The lowest BCUT2D eigenvalue weighted by molar-refractivity contribution is 0.212. The third-order valence-electron chi connectivity index (χ3n) is 2.84. The Hall–Kier alpha value is -1.49. The SMILES string of the molecule is C#CC(C/C(=C\C)CC)/C(=N\OC)C(=C)CC. The van der Waals surface area contributed by atoms with Crippen molar-refractivity contribution in [2.75, 3.05) is 7.11 Å². The van der Waals surface area contributed by atoms with Gasteiger partial charge in [-0.05, 0) is 31.8 Å². The van der Waals surface area contributed by atoms with Crippen molar-refractivity contribution in [2.24, 2.45) is 11.1 Å². The Kier molecular flexibility index (Phi) is 7.88. The van der Waals surface area contributed by atoms with Crippen LogP contribution < -0.4 is 0 Å². The van der Waals surface area contributed by atoms with E-state index >= 15 is 0 Å². The molecule has 94 valence electrons. The van der Waals surface area contributed by atoms with Crippen molar-refractivity contribution in [1.29, 1.82) is 0 Å². The lowest BCUT2D eigenvalue weighted by Crippen LogP contribution is -2.16. The maximum Gasteiger partial charge on any atom is 0.106 e. The van der Waals surface area contributed by atoms with E-state index in [0.29, 0.717) is 0 Å². The van der Waals surface area contributed by atoms with Gasteiger partial charge in [0.05, 0.1) is 11.6 Å². The van der Waals surface area contributed by atoms with E-state index in [4.69, 9.17) is 11.3 Å². The zero-order chi connectivity index (χ0) is 13.3. The molecule has 0 fully saturated rings. The second-order valence-corrected chi connectivity index (χ2v) is 3.84. The van der Waals surface area contributed by atoms with Gasteiger partial charge in [-0.15, -0.1) is 6.42 Å². The van der Waals surface area contributed by atoms with Gasteiger partial charge in [0.15, 0.2) is 0 Å². The molecule has 0 aromatic carbocycles. The quantitative estimate of drug-likeness (QED) is 0.282. The van der Waals surface area contributed by atoms with Gasteiger partial charge in [-0.25, -0.2) is 0 Å². The highest BCUT2D eigenvalue weighted by Gasteiger charge is 2.17. The van der Waals surface area contributed by atoms with Crippen molar-refractivity contribution in [3.8, 4) is 12.3 Å². The van der Waals surface area contributed by atoms with E-state index in [0.717, 1.165) is 30.5 Å². The Morgan fingerprint density at radius 3 is 2.47 bits per heavy atom. The van der Waals surface area contributed by atoms with E-state index in [2.05, 4.69) is 30.7 Å². The maximum absolute atomic E-state index is 5.60. The second-order valence-electron chi connectivity index (χ2n) is 3.84. The van der Waals surface area contributed by atoms with Crippen LogP contribution in [-0.4, -0.2) is 12.8 Å². The minimum absolute atomic E-state index is 0.0476. The van der Waals surface area contributed by atoms with E-state index in [1.54, 1.807) is 0 Å². The second kappa shape index (κ2) is 8.64. The number of nitrogens with zero attached hydrogens (tertiary/aromatic N) is 1. The molecule has 0 aromatic heterocycles. The van der Waals surface area contributed by atoms with Crippen LogP contribution in [0, 0.1) is 18.3 Å². The molecule has 0 aromatic rings. The van der Waals surface area contributed by atoms with Crippen LogP contribution in [0.3, 0.4) is 0 Å². The summed E-state index contributed by atoms with van der Waals surface area (Å²) < 4.78 is 0. The standard InChI is InChI=1S/C15H23NO/c1-7-12(5)15(16-17-6)14(10-4)11-13(8-2)9-3/h4,8,14H,5,7,9,11H2,1-3,6H3/b13-8-,16-15-. The molecule has 0 aliphatic carbocycles. The van der Waals surface area contributed by atoms with Crippen LogP contribution >= 0.6 is 0 Å².